The highest BCUT2D eigenvalue weighted by Crippen LogP contribution is 2.26. The molecule has 5 nitrogen and oxygen atoms in total. The maximum Gasteiger partial charge on any atom is 0.136 e. The van der Waals surface area contributed by atoms with Crippen LogP contribution < -0.4 is 5.32 Å². The molecule has 3 heterocycles. The summed E-state index contributed by atoms with van der Waals surface area (Å²) in [6.07, 6.45) is 2.47. The van der Waals surface area contributed by atoms with Gasteiger partial charge in [-0.25, -0.2) is 4.98 Å². The predicted molar refractivity (Wildman–Crippen MR) is 91.7 cm³/mol. The maximum atomic E-state index is 5.79. The Hall–Kier alpha value is -1.43. The zero-order chi connectivity index (χ0) is 15.8. The third-order valence-corrected chi connectivity index (χ3v) is 5.19. The molecule has 124 valence electrons. The van der Waals surface area contributed by atoms with Crippen LogP contribution in [0.3, 0.4) is 0 Å². The highest BCUT2D eigenvalue weighted by atomic mass is 16.5. The van der Waals surface area contributed by atoms with E-state index in [-0.39, 0.29) is 0 Å². The number of benzene rings is 1. The molecule has 23 heavy (non-hydrogen) atoms. The van der Waals surface area contributed by atoms with Crippen molar-refractivity contribution in [2.45, 2.75) is 38.5 Å². The van der Waals surface area contributed by atoms with E-state index in [1.165, 1.54) is 37.0 Å². The monoisotopic (exact) mass is 314 g/mol. The van der Waals surface area contributed by atoms with Crippen LogP contribution in [0.5, 0.6) is 0 Å². The highest BCUT2D eigenvalue weighted by Gasteiger charge is 2.25. The van der Waals surface area contributed by atoms with Crippen molar-refractivity contribution in [1.82, 2.24) is 19.8 Å². The van der Waals surface area contributed by atoms with Crippen molar-refractivity contribution in [3.63, 3.8) is 0 Å². The number of nitrogens with zero attached hydrogens (tertiary/aromatic N) is 3. The van der Waals surface area contributed by atoms with Crippen LogP contribution in [0.2, 0.25) is 0 Å². The van der Waals surface area contributed by atoms with Crippen molar-refractivity contribution in [2.24, 2.45) is 0 Å². The van der Waals surface area contributed by atoms with Crippen LogP contribution in [-0.4, -0.2) is 53.8 Å². The molecule has 0 bridgehead atoms. The number of nitrogens with one attached hydrogen (secondary N) is 1. The molecule has 2 aliphatic heterocycles. The smallest absolute Gasteiger partial charge is 0.136 e. The first-order chi connectivity index (χ1) is 11.2. The lowest BCUT2D eigenvalue weighted by Gasteiger charge is -2.32. The molecule has 2 aliphatic rings. The second-order valence-corrected chi connectivity index (χ2v) is 7.04. The van der Waals surface area contributed by atoms with Gasteiger partial charge in [-0.2, -0.15) is 0 Å². The average molecular weight is 314 g/mol. The summed E-state index contributed by atoms with van der Waals surface area (Å²) >= 11 is 0. The minimum atomic E-state index is 0.339. The zero-order valence-electron chi connectivity index (χ0n) is 14.1. The summed E-state index contributed by atoms with van der Waals surface area (Å²) < 4.78 is 8.18. The van der Waals surface area contributed by atoms with Gasteiger partial charge in [-0.05, 0) is 57.6 Å². The third-order valence-electron chi connectivity index (χ3n) is 5.19. The van der Waals surface area contributed by atoms with E-state index in [2.05, 4.69) is 47.0 Å². The summed E-state index contributed by atoms with van der Waals surface area (Å²) in [5.74, 6) is 1.06. The van der Waals surface area contributed by atoms with E-state index in [0.717, 1.165) is 24.5 Å². The molecule has 2 aromatic rings. The van der Waals surface area contributed by atoms with Crippen LogP contribution in [-0.2, 0) is 11.3 Å². The van der Waals surface area contributed by atoms with Crippen molar-refractivity contribution >= 4 is 11.0 Å². The fourth-order valence-corrected chi connectivity index (χ4v) is 3.79. The number of hydrogen-bond donors (Lipinski definition) is 1. The van der Waals surface area contributed by atoms with Crippen molar-refractivity contribution in [1.29, 1.82) is 0 Å². The Morgan fingerprint density at radius 3 is 2.96 bits per heavy atom. The Bertz CT molecular complexity index is 688. The number of aromatic nitrogens is 2. The van der Waals surface area contributed by atoms with Crippen molar-refractivity contribution in [2.75, 3.05) is 33.3 Å². The van der Waals surface area contributed by atoms with Crippen LogP contribution in [0.4, 0.5) is 0 Å². The molecule has 1 atom stereocenters. The van der Waals surface area contributed by atoms with Crippen LogP contribution in [0, 0.1) is 6.92 Å². The number of likely N-dealkylation sites (tertiary alicyclic amines) is 1. The van der Waals surface area contributed by atoms with Crippen LogP contribution in [0.25, 0.3) is 11.0 Å². The molecule has 1 N–H and O–H groups in total. The fourth-order valence-electron chi connectivity index (χ4n) is 3.79. The quantitative estimate of drug-likeness (QED) is 0.942. The van der Waals surface area contributed by atoms with Crippen LogP contribution in [0.15, 0.2) is 18.2 Å². The van der Waals surface area contributed by atoms with Gasteiger partial charge >= 0.3 is 0 Å². The Morgan fingerprint density at radius 2 is 2.13 bits per heavy atom. The van der Waals surface area contributed by atoms with Crippen molar-refractivity contribution in [3.05, 3.63) is 29.6 Å². The standard InChI is InChI=1S/C18H26N4O/c1-13-3-4-17-16(9-13)20-18-12-23-11-15(22(17)18)10-19-14-5-7-21(2)8-6-14/h3-4,9,14-15,19H,5-8,10-12H2,1-2H3/t15-/m0/s1. The molecule has 0 spiro atoms. The van der Waals surface area contributed by atoms with Gasteiger partial charge in [-0.1, -0.05) is 6.07 Å². The number of ether oxygens (including phenoxy) is 1. The van der Waals surface area contributed by atoms with Gasteiger partial charge < -0.3 is 19.5 Å². The van der Waals surface area contributed by atoms with E-state index in [4.69, 9.17) is 9.72 Å². The van der Waals surface area contributed by atoms with Crippen LogP contribution in [0.1, 0.15) is 30.3 Å². The largest absolute Gasteiger partial charge is 0.371 e. The van der Waals surface area contributed by atoms with E-state index < -0.39 is 0 Å². The molecule has 0 aliphatic carbocycles. The van der Waals surface area contributed by atoms with Gasteiger partial charge in [0, 0.05) is 12.6 Å². The topological polar surface area (TPSA) is 42.3 Å². The number of fused-ring (bicyclic) bond motifs is 3. The first-order valence-corrected chi connectivity index (χ1v) is 8.68. The van der Waals surface area contributed by atoms with Gasteiger partial charge in [0.25, 0.3) is 0 Å². The molecule has 1 aromatic carbocycles. The van der Waals surface area contributed by atoms with Gasteiger partial charge in [0.1, 0.15) is 12.4 Å². The van der Waals surface area contributed by atoms with E-state index in [9.17, 15) is 0 Å². The molecule has 4 rings (SSSR count). The fraction of sp³-hybridized carbons (Fsp3) is 0.611. The van der Waals surface area contributed by atoms with Gasteiger partial charge in [-0.15, -0.1) is 0 Å². The molecule has 1 saturated heterocycles. The van der Waals surface area contributed by atoms with Crippen molar-refractivity contribution < 1.29 is 4.74 Å². The Kier molecular flexibility index (Phi) is 4.09. The van der Waals surface area contributed by atoms with E-state index in [1.54, 1.807) is 0 Å². The summed E-state index contributed by atoms with van der Waals surface area (Å²) in [6, 6.07) is 7.52. The number of imidazole rings is 1. The summed E-state index contributed by atoms with van der Waals surface area (Å²) in [5, 5.41) is 3.76. The number of aryl methyl sites for hydroxylation is 1. The lowest BCUT2D eigenvalue weighted by molar-refractivity contribution is 0.0547. The van der Waals surface area contributed by atoms with E-state index in [0.29, 0.717) is 18.7 Å². The van der Waals surface area contributed by atoms with Crippen molar-refractivity contribution in [3.8, 4) is 0 Å². The molecule has 5 heteroatoms. The molecule has 1 aromatic heterocycles. The molecule has 0 amide bonds. The summed E-state index contributed by atoms with van der Waals surface area (Å²) in [4.78, 5) is 7.18. The SMILES string of the molecule is Cc1ccc2c(c1)nc1n2[C@@H](CNC2CCN(C)CC2)COC1. The molecular formula is C18H26N4O. The zero-order valence-corrected chi connectivity index (χ0v) is 14.1. The van der Waals surface area contributed by atoms with E-state index in [1.807, 2.05) is 0 Å². The average Bonchev–Trinajstić information content (AvgIpc) is 2.92. The van der Waals surface area contributed by atoms with Gasteiger partial charge in [-0.3, -0.25) is 0 Å². The van der Waals surface area contributed by atoms with Gasteiger partial charge in [0.05, 0.1) is 23.7 Å². The van der Waals surface area contributed by atoms with Crippen LogP contribution >= 0.6 is 0 Å². The third kappa shape index (κ3) is 3.01. The number of hydrogen-bond acceptors (Lipinski definition) is 4. The first-order valence-electron chi connectivity index (χ1n) is 8.68. The molecule has 0 radical (unpaired) electrons. The number of rotatable bonds is 3. The highest BCUT2D eigenvalue weighted by molar-refractivity contribution is 5.77. The Balaban J connectivity index is 1.52. The second-order valence-electron chi connectivity index (χ2n) is 7.04. The summed E-state index contributed by atoms with van der Waals surface area (Å²) in [5.41, 5.74) is 3.59. The minimum Gasteiger partial charge on any atom is -0.371 e. The maximum absolute atomic E-state index is 5.79. The lowest BCUT2D eigenvalue weighted by atomic mass is 10.1. The van der Waals surface area contributed by atoms with Gasteiger partial charge in [0.2, 0.25) is 0 Å². The second kappa shape index (κ2) is 6.23. The Morgan fingerprint density at radius 1 is 1.30 bits per heavy atom. The first kappa shape index (κ1) is 15.1. The normalized spacial score (nSPS) is 23.3. The summed E-state index contributed by atoms with van der Waals surface area (Å²) in [7, 11) is 2.21. The Labute approximate surface area is 137 Å². The molecule has 0 saturated carbocycles. The lowest BCUT2D eigenvalue weighted by Crippen LogP contribution is -2.44. The minimum absolute atomic E-state index is 0.339. The molecule has 0 unspecified atom stereocenters. The summed E-state index contributed by atoms with van der Waals surface area (Å²) in [6.45, 7) is 6.85. The van der Waals surface area contributed by atoms with E-state index >= 15 is 0 Å². The molecule has 1 fully saturated rings. The van der Waals surface area contributed by atoms with Gasteiger partial charge in [0.15, 0.2) is 0 Å². The predicted octanol–water partition coefficient (Wildman–Crippen LogP) is 2.10. The molecular weight excluding hydrogens is 288 g/mol. The number of piperidine rings is 1.